The topological polar surface area (TPSA) is 46.2 Å². The average molecular weight is 265 g/mol. The van der Waals surface area contributed by atoms with Gasteiger partial charge in [0.15, 0.2) is 0 Å². The average Bonchev–Trinajstić information content (AvgIpc) is 2.70. The molecule has 0 bridgehead atoms. The molecule has 0 amide bonds. The minimum Gasteiger partial charge on any atom is -0.392 e. The van der Waals surface area contributed by atoms with Crippen molar-refractivity contribution < 1.29 is 9.50 Å². The summed E-state index contributed by atoms with van der Waals surface area (Å²) >= 11 is 0. The predicted molar refractivity (Wildman–Crippen MR) is 75.4 cm³/mol. The third-order valence-corrected chi connectivity index (χ3v) is 4.35. The number of nitrogens with two attached hydrogens (primary N) is 1. The Bertz CT molecular complexity index is 371. The molecule has 1 aliphatic carbocycles. The molecule has 106 valence electrons. The number of rotatable bonds is 4. The first-order valence-electron chi connectivity index (χ1n) is 7.36. The first-order valence-corrected chi connectivity index (χ1v) is 7.36. The molecule has 1 aromatic rings. The lowest BCUT2D eigenvalue weighted by molar-refractivity contribution is 0.0741. The van der Waals surface area contributed by atoms with Gasteiger partial charge in [-0.3, -0.25) is 0 Å². The first kappa shape index (κ1) is 14.5. The van der Waals surface area contributed by atoms with E-state index in [1.165, 1.54) is 37.8 Å². The van der Waals surface area contributed by atoms with Crippen LogP contribution in [0, 0.1) is 11.7 Å². The van der Waals surface area contributed by atoms with Crippen molar-refractivity contribution in [3.8, 4) is 0 Å². The van der Waals surface area contributed by atoms with E-state index in [9.17, 15) is 9.50 Å². The maximum atomic E-state index is 13.0. The summed E-state index contributed by atoms with van der Waals surface area (Å²) in [5.74, 6) is 0.00767. The van der Waals surface area contributed by atoms with Crippen LogP contribution in [-0.4, -0.2) is 17.8 Å². The maximum absolute atomic E-state index is 13.0. The van der Waals surface area contributed by atoms with Crippen LogP contribution in [0.15, 0.2) is 24.3 Å². The van der Waals surface area contributed by atoms with Crippen molar-refractivity contribution >= 4 is 0 Å². The Labute approximate surface area is 114 Å². The number of hydrogen-bond donors (Lipinski definition) is 2. The number of aliphatic hydroxyl groups excluding tert-OH is 1. The molecule has 0 aromatic heterocycles. The molecular weight excluding hydrogens is 241 g/mol. The molecule has 1 aliphatic rings. The Balaban J connectivity index is 2.09. The van der Waals surface area contributed by atoms with E-state index in [-0.39, 0.29) is 11.7 Å². The lowest BCUT2D eigenvalue weighted by atomic mass is 9.82. The van der Waals surface area contributed by atoms with Gasteiger partial charge in [-0.25, -0.2) is 4.39 Å². The fourth-order valence-corrected chi connectivity index (χ4v) is 3.16. The zero-order valence-corrected chi connectivity index (χ0v) is 11.4. The monoisotopic (exact) mass is 265 g/mol. The fourth-order valence-electron chi connectivity index (χ4n) is 3.16. The second-order valence-corrected chi connectivity index (χ2v) is 5.64. The molecule has 2 nitrogen and oxygen atoms in total. The summed E-state index contributed by atoms with van der Waals surface area (Å²) in [7, 11) is 0. The molecule has 0 saturated heterocycles. The Hall–Kier alpha value is -0.930. The van der Waals surface area contributed by atoms with Gasteiger partial charge in [0.2, 0.25) is 0 Å². The molecule has 1 saturated carbocycles. The minimum atomic E-state index is -0.409. The quantitative estimate of drug-likeness (QED) is 0.821. The van der Waals surface area contributed by atoms with E-state index in [1.807, 2.05) is 0 Å². The Morgan fingerprint density at radius 3 is 2.21 bits per heavy atom. The Morgan fingerprint density at radius 2 is 1.68 bits per heavy atom. The van der Waals surface area contributed by atoms with Gasteiger partial charge in [0, 0.05) is 12.5 Å². The van der Waals surface area contributed by atoms with Crippen LogP contribution >= 0.6 is 0 Å². The molecule has 0 heterocycles. The molecule has 2 atom stereocenters. The van der Waals surface area contributed by atoms with Crippen molar-refractivity contribution in [2.24, 2.45) is 11.7 Å². The van der Waals surface area contributed by atoms with Crippen molar-refractivity contribution in [3.05, 3.63) is 35.6 Å². The summed E-state index contributed by atoms with van der Waals surface area (Å²) in [6, 6.07) is 6.37. The van der Waals surface area contributed by atoms with Crippen LogP contribution in [0.4, 0.5) is 4.39 Å². The molecule has 2 rings (SSSR count). The number of halogens is 1. The van der Waals surface area contributed by atoms with Crippen LogP contribution < -0.4 is 5.73 Å². The van der Waals surface area contributed by atoms with Crippen molar-refractivity contribution in [1.29, 1.82) is 0 Å². The van der Waals surface area contributed by atoms with E-state index < -0.39 is 6.10 Å². The van der Waals surface area contributed by atoms with E-state index >= 15 is 0 Å². The van der Waals surface area contributed by atoms with Crippen LogP contribution in [-0.2, 0) is 0 Å². The summed E-state index contributed by atoms with van der Waals surface area (Å²) in [6.07, 6.45) is 6.69. The van der Waals surface area contributed by atoms with E-state index in [2.05, 4.69) is 0 Å². The van der Waals surface area contributed by atoms with Crippen LogP contribution in [0.5, 0.6) is 0 Å². The summed E-state index contributed by atoms with van der Waals surface area (Å²) in [4.78, 5) is 0. The lowest BCUT2D eigenvalue weighted by Crippen LogP contribution is -2.32. The second kappa shape index (κ2) is 7.01. The summed E-state index contributed by atoms with van der Waals surface area (Å²) < 4.78 is 13.0. The van der Waals surface area contributed by atoms with Crippen molar-refractivity contribution in [3.63, 3.8) is 0 Å². The summed E-state index contributed by atoms with van der Waals surface area (Å²) in [6.45, 7) is 0.406. The number of hydrogen-bond acceptors (Lipinski definition) is 2. The third-order valence-electron chi connectivity index (χ3n) is 4.35. The zero-order valence-electron chi connectivity index (χ0n) is 11.4. The van der Waals surface area contributed by atoms with E-state index in [0.29, 0.717) is 12.5 Å². The van der Waals surface area contributed by atoms with E-state index in [4.69, 9.17) is 5.73 Å². The van der Waals surface area contributed by atoms with Gasteiger partial charge in [-0.2, -0.15) is 0 Å². The molecule has 2 unspecified atom stereocenters. The SMILES string of the molecule is NCC(c1ccc(F)cc1)C(O)C1CCCCCC1. The van der Waals surface area contributed by atoms with E-state index in [0.717, 1.165) is 18.4 Å². The Morgan fingerprint density at radius 1 is 1.11 bits per heavy atom. The van der Waals surface area contributed by atoms with Gasteiger partial charge in [0.1, 0.15) is 5.82 Å². The van der Waals surface area contributed by atoms with Crippen LogP contribution in [0.3, 0.4) is 0 Å². The standard InChI is InChI=1S/C16H24FNO/c17-14-9-7-12(8-10-14)15(11-18)16(19)13-5-3-1-2-4-6-13/h7-10,13,15-16,19H,1-6,11,18H2. The van der Waals surface area contributed by atoms with Crippen LogP contribution in [0.2, 0.25) is 0 Å². The van der Waals surface area contributed by atoms with Gasteiger partial charge in [-0.05, 0) is 36.5 Å². The largest absolute Gasteiger partial charge is 0.392 e. The minimum absolute atomic E-state index is 0.0799. The molecule has 1 aromatic carbocycles. The Kier molecular flexibility index (Phi) is 5.34. The molecular formula is C16H24FNO. The highest BCUT2D eigenvalue weighted by Gasteiger charge is 2.28. The fraction of sp³-hybridized carbons (Fsp3) is 0.625. The highest BCUT2D eigenvalue weighted by molar-refractivity contribution is 5.22. The van der Waals surface area contributed by atoms with Gasteiger partial charge < -0.3 is 10.8 Å². The highest BCUT2D eigenvalue weighted by atomic mass is 19.1. The molecule has 1 fully saturated rings. The van der Waals surface area contributed by atoms with Crippen molar-refractivity contribution in [2.45, 2.75) is 50.5 Å². The van der Waals surface area contributed by atoms with Gasteiger partial charge in [-0.1, -0.05) is 37.8 Å². The van der Waals surface area contributed by atoms with Crippen molar-refractivity contribution in [1.82, 2.24) is 0 Å². The zero-order chi connectivity index (χ0) is 13.7. The predicted octanol–water partition coefficient (Wildman–Crippen LogP) is 3.20. The molecule has 0 radical (unpaired) electrons. The molecule has 3 N–H and O–H groups in total. The number of aliphatic hydroxyl groups is 1. The summed E-state index contributed by atoms with van der Waals surface area (Å²) in [5.41, 5.74) is 6.78. The molecule has 19 heavy (non-hydrogen) atoms. The van der Waals surface area contributed by atoms with Crippen LogP contribution in [0.25, 0.3) is 0 Å². The molecule has 0 spiro atoms. The normalized spacial score (nSPS) is 20.8. The summed E-state index contributed by atoms with van der Waals surface area (Å²) in [5, 5.41) is 10.6. The van der Waals surface area contributed by atoms with Gasteiger partial charge >= 0.3 is 0 Å². The second-order valence-electron chi connectivity index (χ2n) is 5.64. The van der Waals surface area contributed by atoms with Gasteiger partial charge in [0.25, 0.3) is 0 Å². The number of benzene rings is 1. The van der Waals surface area contributed by atoms with Gasteiger partial charge in [-0.15, -0.1) is 0 Å². The lowest BCUT2D eigenvalue weighted by Gasteiger charge is -2.29. The van der Waals surface area contributed by atoms with Gasteiger partial charge in [0.05, 0.1) is 6.10 Å². The third kappa shape index (κ3) is 3.77. The molecule has 3 heteroatoms. The highest BCUT2D eigenvalue weighted by Crippen LogP contribution is 2.32. The van der Waals surface area contributed by atoms with Crippen molar-refractivity contribution in [2.75, 3.05) is 6.54 Å². The maximum Gasteiger partial charge on any atom is 0.123 e. The molecule has 0 aliphatic heterocycles. The smallest absolute Gasteiger partial charge is 0.123 e. The first-order chi connectivity index (χ1) is 9.22. The van der Waals surface area contributed by atoms with E-state index in [1.54, 1.807) is 12.1 Å². The van der Waals surface area contributed by atoms with Crippen LogP contribution in [0.1, 0.15) is 50.0 Å².